The minimum Gasteiger partial charge on any atom is -0.377 e. The Balaban J connectivity index is 3.84. The maximum atomic E-state index is 5.90. The third kappa shape index (κ3) is 10.7. The van der Waals surface area contributed by atoms with Crippen molar-refractivity contribution in [3.8, 4) is 0 Å². The molecular weight excluding hydrogens is 246 g/mol. The zero-order valence-electron chi connectivity index (χ0n) is 14.5. The summed E-state index contributed by atoms with van der Waals surface area (Å²) in [6, 6.07) is 0.551. The molecule has 122 valence electrons. The van der Waals surface area contributed by atoms with Crippen molar-refractivity contribution in [1.82, 2.24) is 5.32 Å². The molecule has 0 radical (unpaired) electrons. The fraction of sp³-hybridized carbons (Fsp3) is 1.00. The van der Waals surface area contributed by atoms with Gasteiger partial charge in [-0.25, -0.2) is 0 Å². The van der Waals surface area contributed by atoms with E-state index in [0.717, 1.165) is 19.6 Å². The summed E-state index contributed by atoms with van der Waals surface area (Å²) in [4.78, 5) is 0. The Kier molecular flexibility index (Phi) is 15.3. The summed E-state index contributed by atoms with van der Waals surface area (Å²) in [6.45, 7) is 10.8. The molecule has 2 heteroatoms. The molecule has 0 amide bonds. The number of rotatable bonds is 15. The van der Waals surface area contributed by atoms with Crippen molar-refractivity contribution >= 4 is 0 Å². The second-order valence-electron chi connectivity index (χ2n) is 5.87. The van der Waals surface area contributed by atoms with Gasteiger partial charge in [0, 0.05) is 12.6 Å². The quantitative estimate of drug-likeness (QED) is 0.412. The first-order valence-electron chi connectivity index (χ1n) is 9.14. The molecule has 2 unspecified atom stereocenters. The van der Waals surface area contributed by atoms with E-state index in [9.17, 15) is 0 Å². The van der Waals surface area contributed by atoms with Gasteiger partial charge in [0.1, 0.15) is 0 Å². The molecule has 0 aliphatic heterocycles. The molecule has 1 N–H and O–H groups in total. The van der Waals surface area contributed by atoms with Crippen LogP contribution in [0.5, 0.6) is 0 Å². The van der Waals surface area contributed by atoms with Gasteiger partial charge in [-0.2, -0.15) is 0 Å². The van der Waals surface area contributed by atoms with Crippen molar-refractivity contribution in [1.29, 1.82) is 0 Å². The third-order valence-corrected chi connectivity index (χ3v) is 4.01. The predicted molar refractivity (Wildman–Crippen MR) is 90.4 cm³/mol. The van der Waals surface area contributed by atoms with Crippen LogP contribution in [-0.2, 0) is 4.74 Å². The standard InChI is InChI=1S/C18H39NO/c1-5-9-10-11-12-13-14-15-17(19-16-6-2)18(7-3)20-8-4/h17-19H,5-16H2,1-4H3. The van der Waals surface area contributed by atoms with Gasteiger partial charge in [0.2, 0.25) is 0 Å². The first kappa shape index (κ1) is 19.9. The van der Waals surface area contributed by atoms with E-state index >= 15 is 0 Å². The number of ether oxygens (including phenoxy) is 1. The highest BCUT2D eigenvalue weighted by atomic mass is 16.5. The lowest BCUT2D eigenvalue weighted by Gasteiger charge is -2.27. The van der Waals surface area contributed by atoms with Gasteiger partial charge in [-0.15, -0.1) is 0 Å². The Labute approximate surface area is 128 Å². The highest BCUT2D eigenvalue weighted by molar-refractivity contribution is 4.76. The second kappa shape index (κ2) is 15.3. The third-order valence-electron chi connectivity index (χ3n) is 4.01. The summed E-state index contributed by atoms with van der Waals surface area (Å²) in [7, 11) is 0. The number of nitrogens with one attached hydrogen (secondary N) is 1. The first-order valence-corrected chi connectivity index (χ1v) is 9.14. The van der Waals surface area contributed by atoms with Crippen LogP contribution in [0, 0.1) is 0 Å². The monoisotopic (exact) mass is 285 g/mol. The summed E-state index contributed by atoms with van der Waals surface area (Å²) in [6.07, 6.45) is 13.7. The molecule has 0 rings (SSSR count). The Hall–Kier alpha value is -0.0800. The fourth-order valence-corrected chi connectivity index (χ4v) is 2.80. The van der Waals surface area contributed by atoms with E-state index in [1.54, 1.807) is 0 Å². The van der Waals surface area contributed by atoms with Gasteiger partial charge in [0.25, 0.3) is 0 Å². The maximum Gasteiger partial charge on any atom is 0.0725 e. The van der Waals surface area contributed by atoms with Gasteiger partial charge >= 0.3 is 0 Å². The van der Waals surface area contributed by atoms with Gasteiger partial charge in [0.05, 0.1) is 6.10 Å². The molecule has 20 heavy (non-hydrogen) atoms. The Bertz CT molecular complexity index is 184. The molecule has 0 spiro atoms. The minimum atomic E-state index is 0.395. The van der Waals surface area contributed by atoms with Crippen LogP contribution in [0.2, 0.25) is 0 Å². The van der Waals surface area contributed by atoms with E-state index in [4.69, 9.17) is 4.74 Å². The Morgan fingerprint density at radius 2 is 1.45 bits per heavy atom. The lowest BCUT2D eigenvalue weighted by molar-refractivity contribution is 0.0290. The van der Waals surface area contributed by atoms with Crippen LogP contribution in [0.4, 0.5) is 0 Å². The summed E-state index contributed by atoms with van der Waals surface area (Å²) >= 11 is 0. The van der Waals surface area contributed by atoms with E-state index in [0.29, 0.717) is 12.1 Å². The molecule has 2 atom stereocenters. The maximum absolute atomic E-state index is 5.90. The van der Waals surface area contributed by atoms with Crippen molar-refractivity contribution < 1.29 is 4.74 Å². The lowest BCUT2D eigenvalue weighted by atomic mass is 10.00. The van der Waals surface area contributed by atoms with E-state index < -0.39 is 0 Å². The van der Waals surface area contributed by atoms with Crippen molar-refractivity contribution in [2.75, 3.05) is 13.2 Å². The average Bonchev–Trinajstić information content (AvgIpc) is 2.47. The second-order valence-corrected chi connectivity index (χ2v) is 5.87. The van der Waals surface area contributed by atoms with Crippen molar-refractivity contribution in [2.45, 2.75) is 104 Å². The lowest BCUT2D eigenvalue weighted by Crippen LogP contribution is -2.41. The number of unbranched alkanes of at least 4 members (excludes halogenated alkanes) is 6. The molecule has 0 aliphatic carbocycles. The van der Waals surface area contributed by atoms with Crippen LogP contribution in [0.25, 0.3) is 0 Å². The number of hydrogen-bond donors (Lipinski definition) is 1. The molecule has 0 aliphatic rings. The van der Waals surface area contributed by atoms with Crippen molar-refractivity contribution in [3.05, 3.63) is 0 Å². The largest absolute Gasteiger partial charge is 0.377 e. The molecule has 0 aromatic rings. The van der Waals surface area contributed by atoms with Crippen LogP contribution in [0.3, 0.4) is 0 Å². The van der Waals surface area contributed by atoms with Crippen LogP contribution < -0.4 is 5.32 Å². The van der Waals surface area contributed by atoms with Crippen LogP contribution in [0.15, 0.2) is 0 Å². The van der Waals surface area contributed by atoms with Gasteiger partial charge in [-0.05, 0) is 32.7 Å². The molecular formula is C18H39NO. The molecule has 0 saturated carbocycles. The number of hydrogen-bond acceptors (Lipinski definition) is 2. The molecule has 0 aromatic carbocycles. The van der Waals surface area contributed by atoms with Gasteiger partial charge in [0.15, 0.2) is 0 Å². The molecule has 0 saturated heterocycles. The SMILES string of the molecule is CCCCCCCCCC(NCCC)C(CC)OCC. The van der Waals surface area contributed by atoms with E-state index in [1.807, 2.05) is 0 Å². The topological polar surface area (TPSA) is 21.3 Å². The van der Waals surface area contributed by atoms with E-state index in [1.165, 1.54) is 57.8 Å². The van der Waals surface area contributed by atoms with Crippen molar-refractivity contribution in [3.63, 3.8) is 0 Å². The highest BCUT2D eigenvalue weighted by Crippen LogP contribution is 2.14. The van der Waals surface area contributed by atoms with Crippen LogP contribution in [0.1, 0.15) is 91.9 Å². The minimum absolute atomic E-state index is 0.395. The van der Waals surface area contributed by atoms with Gasteiger partial charge in [-0.1, -0.05) is 65.7 Å². The molecule has 2 nitrogen and oxygen atoms in total. The summed E-state index contributed by atoms with van der Waals surface area (Å²) < 4.78 is 5.90. The van der Waals surface area contributed by atoms with E-state index in [-0.39, 0.29) is 0 Å². The van der Waals surface area contributed by atoms with Crippen LogP contribution >= 0.6 is 0 Å². The average molecular weight is 286 g/mol. The van der Waals surface area contributed by atoms with E-state index in [2.05, 4.69) is 33.0 Å². The smallest absolute Gasteiger partial charge is 0.0725 e. The van der Waals surface area contributed by atoms with Crippen molar-refractivity contribution in [2.24, 2.45) is 0 Å². The zero-order chi connectivity index (χ0) is 15.1. The normalized spacial score (nSPS) is 14.4. The highest BCUT2D eigenvalue weighted by Gasteiger charge is 2.18. The fourth-order valence-electron chi connectivity index (χ4n) is 2.80. The first-order chi connectivity index (χ1) is 9.79. The molecule has 0 fully saturated rings. The van der Waals surface area contributed by atoms with Gasteiger partial charge < -0.3 is 10.1 Å². The molecule has 0 heterocycles. The molecule has 0 bridgehead atoms. The summed E-state index contributed by atoms with van der Waals surface area (Å²) in [5.74, 6) is 0. The van der Waals surface area contributed by atoms with Gasteiger partial charge in [-0.3, -0.25) is 0 Å². The Morgan fingerprint density at radius 1 is 0.800 bits per heavy atom. The predicted octanol–water partition coefficient (Wildman–Crippen LogP) is 5.31. The molecule has 0 aromatic heterocycles. The summed E-state index contributed by atoms with van der Waals surface area (Å²) in [5, 5.41) is 3.69. The van der Waals surface area contributed by atoms with Crippen LogP contribution in [-0.4, -0.2) is 25.3 Å². The Morgan fingerprint density at radius 3 is 2.00 bits per heavy atom. The summed E-state index contributed by atoms with van der Waals surface area (Å²) in [5.41, 5.74) is 0. The zero-order valence-corrected chi connectivity index (χ0v) is 14.5.